The van der Waals surface area contributed by atoms with Crippen molar-refractivity contribution in [1.29, 1.82) is 0 Å². The minimum Gasteiger partial charge on any atom is -0.490 e. The summed E-state index contributed by atoms with van der Waals surface area (Å²) in [6, 6.07) is 3.18. The van der Waals surface area contributed by atoms with Crippen molar-refractivity contribution in [2.75, 3.05) is 26.4 Å². The van der Waals surface area contributed by atoms with Crippen LogP contribution in [0.4, 0.5) is 0 Å². The third-order valence-corrected chi connectivity index (χ3v) is 2.45. The van der Waals surface area contributed by atoms with Gasteiger partial charge in [0.2, 0.25) is 0 Å². The molecular formula is C15H20O6. The molecule has 0 radical (unpaired) electrons. The Morgan fingerprint density at radius 1 is 1.00 bits per heavy atom. The van der Waals surface area contributed by atoms with Crippen LogP contribution in [-0.2, 0) is 9.53 Å². The Balaban J connectivity index is 2.87. The first-order chi connectivity index (χ1) is 10.1. The normalized spacial score (nSPS) is 9.86. The molecule has 0 heterocycles. The molecule has 1 rings (SSSR count). The molecule has 6 nitrogen and oxygen atoms in total. The molecule has 0 N–H and O–H groups in total. The van der Waals surface area contributed by atoms with Crippen LogP contribution in [-0.4, -0.2) is 38.7 Å². The smallest absolute Gasteiger partial charge is 0.302 e. The zero-order chi connectivity index (χ0) is 15.7. The molecule has 0 aliphatic heterocycles. The summed E-state index contributed by atoms with van der Waals surface area (Å²) in [5.74, 6) is 0.987. The monoisotopic (exact) mass is 296 g/mol. The van der Waals surface area contributed by atoms with Gasteiger partial charge in [-0.25, -0.2) is 0 Å². The minimum atomic E-state index is -0.379. The molecule has 0 amide bonds. The number of aldehydes is 1. The second kappa shape index (κ2) is 8.84. The van der Waals surface area contributed by atoms with Gasteiger partial charge in [-0.15, -0.1) is 0 Å². The van der Waals surface area contributed by atoms with Crippen LogP contribution in [0.3, 0.4) is 0 Å². The Morgan fingerprint density at radius 2 is 1.62 bits per heavy atom. The van der Waals surface area contributed by atoms with Crippen molar-refractivity contribution in [3.8, 4) is 17.2 Å². The van der Waals surface area contributed by atoms with Gasteiger partial charge in [0.15, 0.2) is 17.8 Å². The van der Waals surface area contributed by atoms with E-state index in [1.807, 2.05) is 13.8 Å². The molecule has 0 aliphatic rings. The van der Waals surface area contributed by atoms with Gasteiger partial charge in [-0.05, 0) is 19.9 Å². The highest BCUT2D eigenvalue weighted by Gasteiger charge is 2.13. The number of benzene rings is 1. The number of carbonyl (C=O) groups is 2. The highest BCUT2D eigenvalue weighted by molar-refractivity contribution is 5.81. The first kappa shape index (κ1) is 16.8. The predicted octanol–water partition coefficient (Wildman–Crippen LogP) is 2.24. The van der Waals surface area contributed by atoms with Gasteiger partial charge in [0.05, 0.1) is 18.8 Å². The van der Waals surface area contributed by atoms with Gasteiger partial charge in [-0.1, -0.05) is 0 Å². The lowest BCUT2D eigenvalue weighted by molar-refractivity contribution is -0.141. The maximum Gasteiger partial charge on any atom is 0.302 e. The van der Waals surface area contributed by atoms with Crippen LogP contribution in [0.15, 0.2) is 12.1 Å². The second-order valence-electron chi connectivity index (χ2n) is 4.01. The van der Waals surface area contributed by atoms with Crippen LogP contribution in [0, 0.1) is 0 Å². The van der Waals surface area contributed by atoms with Crippen molar-refractivity contribution >= 4 is 12.3 Å². The molecule has 0 saturated heterocycles. The molecule has 0 saturated carbocycles. The predicted molar refractivity (Wildman–Crippen MR) is 76.3 cm³/mol. The number of rotatable bonds is 9. The first-order valence-electron chi connectivity index (χ1n) is 6.77. The Hall–Kier alpha value is -2.24. The quantitative estimate of drug-likeness (QED) is 0.395. The van der Waals surface area contributed by atoms with Crippen molar-refractivity contribution in [3.05, 3.63) is 17.7 Å². The highest BCUT2D eigenvalue weighted by Crippen LogP contribution is 2.34. The maximum absolute atomic E-state index is 11.1. The van der Waals surface area contributed by atoms with Gasteiger partial charge < -0.3 is 18.9 Å². The van der Waals surface area contributed by atoms with Gasteiger partial charge in [0.25, 0.3) is 0 Å². The van der Waals surface area contributed by atoms with Gasteiger partial charge in [-0.2, -0.15) is 0 Å². The van der Waals surface area contributed by atoms with Gasteiger partial charge in [0.1, 0.15) is 19.0 Å². The molecule has 0 spiro atoms. The summed E-state index contributed by atoms with van der Waals surface area (Å²) in [7, 11) is 0. The van der Waals surface area contributed by atoms with Crippen LogP contribution in [0.2, 0.25) is 0 Å². The van der Waals surface area contributed by atoms with E-state index in [1.165, 1.54) is 6.92 Å². The molecule has 116 valence electrons. The van der Waals surface area contributed by atoms with Crippen LogP contribution in [0.5, 0.6) is 17.2 Å². The lowest BCUT2D eigenvalue weighted by Crippen LogP contribution is -2.10. The van der Waals surface area contributed by atoms with Crippen molar-refractivity contribution in [2.24, 2.45) is 0 Å². The van der Waals surface area contributed by atoms with E-state index in [0.717, 1.165) is 0 Å². The van der Waals surface area contributed by atoms with E-state index >= 15 is 0 Å². The van der Waals surface area contributed by atoms with Crippen molar-refractivity contribution in [1.82, 2.24) is 0 Å². The topological polar surface area (TPSA) is 71.1 Å². The summed E-state index contributed by atoms with van der Waals surface area (Å²) < 4.78 is 21.1. The zero-order valence-corrected chi connectivity index (χ0v) is 12.5. The average Bonchev–Trinajstić information content (AvgIpc) is 2.46. The Morgan fingerprint density at radius 3 is 2.14 bits per heavy atom. The van der Waals surface area contributed by atoms with Crippen LogP contribution >= 0.6 is 0 Å². The number of hydrogen-bond donors (Lipinski definition) is 0. The van der Waals surface area contributed by atoms with E-state index in [-0.39, 0.29) is 19.2 Å². The number of carbonyl (C=O) groups excluding carboxylic acids is 2. The minimum absolute atomic E-state index is 0.116. The Labute approximate surface area is 123 Å². The van der Waals surface area contributed by atoms with Crippen LogP contribution in [0.1, 0.15) is 31.1 Å². The molecule has 0 fully saturated rings. The first-order valence-corrected chi connectivity index (χ1v) is 6.77. The Kier molecular flexibility index (Phi) is 7.08. The third kappa shape index (κ3) is 5.33. The number of ether oxygens (including phenoxy) is 4. The van der Waals surface area contributed by atoms with E-state index in [9.17, 15) is 9.59 Å². The SMILES string of the molecule is CCOc1cc(C=O)c(OCCOC(C)=O)cc1OCC. The van der Waals surface area contributed by atoms with Crippen LogP contribution in [0.25, 0.3) is 0 Å². The van der Waals surface area contributed by atoms with Crippen molar-refractivity contribution < 1.29 is 28.5 Å². The third-order valence-electron chi connectivity index (χ3n) is 2.45. The lowest BCUT2D eigenvalue weighted by atomic mass is 10.2. The standard InChI is InChI=1S/C15H20O6/c1-4-18-14-8-12(10-16)13(9-15(14)19-5-2)21-7-6-20-11(3)17/h8-10H,4-7H2,1-3H3. The molecule has 0 atom stereocenters. The molecule has 0 aliphatic carbocycles. The molecule has 1 aromatic carbocycles. The summed E-state index contributed by atoms with van der Waals surface area (Å²) in [4.78, 5) is 21.8. The second-order valence-corrected chi connectivity index (χ2v) is 4.01. The van der Waals surface area contributed by atoms with Gasteiger partial charge in [0, 0.05) is 13.0 Å². The molecule has 0 bridgehead atoms. The number of esters is 1. The molecule has 0 unspecified atom stereocenters. The fraction of sp³-hybridized carbons (Fsp3) is 0.467. The Bertz CT molecular complexity index is 483. The van der Waals surface area contributed by atoms with Gasteiger partial charge >= 0.3 is 5.97 Å². The molecule has 6 heteroatoms. The largest absolute Gasteiger partial charge is 0.490 e. The van der Waals surface area contributed by atoms with Gasteiger partial charge in [-0.3, -0.25) is 9.59 Å². The lowest BCUT2D eigenvalue weighted by Gasteiger charge is -2.15. The summed E-state index contributed by atoms with van der Waals surface area (Å²) in [5.41, 5.74) is 0.352. The van der Waals surface area contributed by atoms with E-state index < -0.39 is 0 Å². The maximum atomic E-state index is 11.1. The summed E-state index contributed by atoms with van der Waals surface area (Å²) in [6.07, 6.45) is 0.680. The van der Waals surface area contributed by atoms with E-state index in [1.54, 1.807) is 12.1 Å². The summed E-state index contributed by atoms with van der Waals surface area (Å²) in [6.45, 7) is 6.22. The van der Waals surface area contributed by atoms with E-state index in [0.29, 0.717) is 42.3 Å². The molecule has 0 aromatic heterocycles. The zero-order valence-electron chi connectivity index (χ0n) is 12.5. The van der Waals surface area contributed by atoms with E-state index in [2.05, 4.69) is 0 Å². The fourth-order valence-electron chi connectivity index (χ4n) is 1.65. The summed E-state index contributed by atoms with van der Waals surface area (Å²) in [5, 5.41) is 0. The van der Waals surface area contributed by atoms with E-state index in [4.69, 9.17) is 18.9 Å². The molecule has 1 aromatic rings. The molecular weight excluding hydrogens is 276 g/mol. The number of hydrogen-bond acceptors (Lipinski definition) is 6. The van der Waals surface area contributed by atoms with Crippen molar-refractivity contribution in [2.45, 2.75) is 20.8 Å². The average molecular weight is 296 g/mol. The highest BCUT2D eigenvalue weighted by atomic mass is 16.6. The fourth-order valence-corrected chi connectivity index (χ4v) is 1.65. The summed E-state index contributed by atoms with van der Waals surface area (Å²) >= 11 is 0. The molecule has 21 heavy (non-hydrogen) atoms. The van der Waals surface area contributed by atoms with Crippen molar-refractivity contribution in [3.63, 3.8) is 0 Å². The van der Waals surface area contributed by atoms with Crippen LogP contribution < -0.4 is 14.2 Å².